The normalized spacial score (nSPS) is 12.4. The monoisotopic (exact) mass is 932 g/mol. The van der Waals surface area contributed by atoms with Crippen molar-refractivity contribution in [2.45, 2.75) is 40.0 Å². The number of carbonyl (C=O) groups is 2. The fourth-order valence-corrected chi connectivity index (χ4v) is 7.23. The largest absolute Gasteiger partial charge is 0.496 e. The molecule has 2 aliphatic rings. The lowest BCUT2D eigenvalue weighted by molar-refractivity contribution is 0.106. The number of benzene rings is 2. The number of ether oxygens (including phenoxy) is 4. The van der Waals surface area contributed by atoms with Gasteiger partial charge in [-0.3, -0.25) is 9.80 Å². The van der Waals surface area contributed by atoms with Crippen molar-refractivity contribution in [3.8, 4) is 22.8 Å². The number of amides is 2. The molecule has 0 spiro atoms. The molecular weight excluding hydrogens is 901 g/mol. The van der Waals surface area contributed by atoms with Crippen molar-refractivity contribution in [3.05, 3.63) is 70.9 Å². The Kier molecular flexibility index (Phi) is 15.2. The van der Waals surface area contributed by atoms with Crippen LogP contribution >= 0.6 is 66.7 Å². The molecular formula is C32H34BBr2Cl3N8O8. The second-order valence-corrected chi connectivity index (χ2v) is 14.0. The van der Waals surface area contributed by atoms with E-state index >= 15 is 0 Å². The summed E-state index contributed by atoms with van der Waals surface area (Å²) in [5.41, 5.74) is 15.7. The molecule has 0 unspecified atom stereocenters. The lowest BCUT2D eigenvalue weighted by Crippen LogP contribution is -2.30. The van der Waals surface area contributed by atoms with E-state index in [4.69, 9.17) is 75.3 Å². The Morgan fingerprint density at radius 3 is 1.76 bits per heavy atom. The van der Waals surface area contributed by atoms with Crippen LogP contribution in [0.5, 0.6) is 11.5 Å². The molecule has 4 aromatic rings. The van der Waals surface area contributed by atoms with Gasteiger partial charge >= 0.3 is 19.3 Å². The molecule has 22 heteroatoms. The molecule has 16 nitrogen and oxygen atoms in total. The molecule has 54 heavy (non-hydrogen) atoms. The lowest BCUT2D eigenvalue weighted by atomic mass is 9.80. The molecule has 2 aromatic heterocycles. The summed E-state index contributed by atoms with van der Waals surface area (Å²) in [6, 6.07) is 6.53. The van der Waals surface area contributed by atoms with E-state index < -0.39 is 13.2 Å². The number of nitrogen functional groups attached to an aromatic ring is 2. The summed E-state index contributed by atoms with van der Waals surface area (Å²) >= 11 is 24.7. The predicted octanol–water partition coefficient (Wildman–Crippen LogP) is 5.60. The molecule has 6 rings (SSSR count). The second kappa shape index (κ2) is 19.1. The smallest absolute Gasteiger partial charge is 0.490 e. The van der Waals surface area contributed by atoms with Gasteiger partial charge in [0.25, 0.3) is 0 Å². The number of methoxy groups -OCH3 is 2. The molecule has 4 heterocycles. The van der Waals surface area contributed by atoms with E-state index in [2.05, 4.69) is 51.8 Å². The van der Waals surface area contributed by atoms with E-state index in [1.165, 1.54) is 18.1 Å². The number of carbonyl (C=O) groups excluding carboxylic acids is 2. The highest BCUT2D eigenvalue weighted by molar-refractivity contribution is 9.11. The summed E-state index contributed by atoms with van der Waals surface area (Å²) < 4.78 is 21.7. The van der Waals surface area contributed by atoms with E-state index in [0.717, 1.165) is 15.6 Å². The SMILES string of the molecule is CCOC(=O)N1Cc2nc(N)nc(-c3cc(OC)c(Br)cc3Cl)c2C1.CCOC(=O)N1Cc2nc(N)nc(Cl)c2C1.COc1cc(B(O)O)c(Cl)cc1Br. The first-order valence-electron chi connectivity index (χ1n) is 15.8. The molecule has 0 bridgehead atoms. The van der Waals surface area contributed by atoms with E-state index in [9.17, 15) is 9.59 Å². The number of nitrogens with two attached hydrogens (primary N) is 2. The third-order valence-corrected chi connectivity index (χ3v) is 9.84. The Balaban J connectivity index is 0.000000193. The third kappa shape index (κ3) is 10.3. The number of nitrogens with zero attached hydrogens (tertiary/aromatic N) is 6. The topological polar surface area (TPSA) is 222 Å². The minimum absolute atomic E-state index is 0.120. The number of halogens is 5. The Morgan fingerprint density at radius 2 is 1.24 bits per heavy atom. The molecule has 0 saturated carbocycles. The molecule has 2 aliphatic heterocycles. The van der Waals surface area contributed by atoms with Crippen molar-refractivity contribution in [1.82, 2.24) is 29.7 Å². The van der Waals surface area contributed by atoms with E-state index in [1.54, 1.807) is 44.1 Å². The molecule has 0 atom stereocenters. The molecule has 288 valence electrons. The van der Waals surface area contributed by atoms with Gasteiger partial charge in [0.1, 0.15) is 16.7 Å². The van der Waals surface area contributed by atoms with Gasteiger partial charge in [0.15, 0.2) is 0 Å². The summed E-state index contributed by atoms with van der Waals surface area (Å²) in [4.78, 5) is 43.1. The molecule has 2 aromatic carbocycles. The maximum absolute atomic E-state index is 12.0. The minimum Gasteiger partial charge on any atom is -0.496 e. The van der Waals surface area contributed by atoms with Crippen LogP contribution < -0.4 is 26.4 Å². The van der Waals surface area contributed by atoms with Gasteiger partial charge in [0.2, 0.25) is 11.9 Å². The van der Waals surface area contributed by atoms with Crippen LogP contribution in [0.25, 0.3) is 11.3 Å². The zero-order valence-corrected chi connectivity index (χ0v) is 34.6. The van der Waals surface area contributed by atoms with Crippen LogP contribution in [0, 0.1) is 0 Å². The molecule has 2 amide bonds. The maximum atomic E-state index is 12.0. The van der Waals surface area contributed by atoms with Crippen molar-refractivity contribution in [2.24, 2.45) is 0 Å². The van der Waals surface area contributed by atoms with Gasteiger partial charge in [-0.2, -0.15) is 0 Å². The number of anilines is 2. The number of fused-ring (bicyclic) bond motifs is 2. The van der Waals surface area contributed by atoms with Crippen molar-refractivity contribution >= 4 is 103 Å². The first-order chi connectivity index (χ1) is 25.6. The highest BCUT2D eigenvalue weighted by Crippen LogP contribution is 2.40. The van der Waals surface area contributed by atoms with Gasteiger partial charge in [-0.25, -0.2) is 29.5 Å². The van der Waals surface area contributed by atoms with Crippen molar-refractivity contribution in [3.63, 3.8) is 0 Å². The average molecular weight is 936 g/mol. The standard InChI is InChI=1S/C16H16BrClN4O3.C9H11ClN4O2.C7H7BBrClO3/c1-3-25-16(23)22-6-9-12(7-22)20-15(19)21-14(9)8-4-13(24-2)10(17)5-11(8)18;1-2-16-9(15)14-3-5-6(4-14)12-8(11)13-7(5)10;1-13-7-2-4(8(11)12)6(10)3-5(7)9/h4-5H,3,6-7H2,1-2H3,(H2,19,20,21);2-4H2,1H3,(H2,11,12,13);2-3,11-12H,1H3. The van der Waals surface area contributed by atoms with E-state index in [0.29, 0.717) is 88.2 Å². The lowest BCUT2D eigenvalue weighted by Gasteiger charge is -2.14. The van der Waals surface area contributed by atoms with Gasteiger partial charge < -0.3 is 40.5 Å². The number of hydrogen-bond donors (Lipinski definition) is 4. The summed E-state index contributed by atoms with van der Waals surface area (Å²) in [7, 11) is 1.47. The van der Waals surface area contributed by atoms with Gasteiger partial charge in [-0.05, 0) is 70.0 Å². The van der Waals surface area contributed by atoms with Crippen LogP contribution in [-0.2, 0) is 35.7 Å². The quantitative estimate of drug-likeness (QED) is 0.137. The van der Waals surface area contributed by atoms with Crippen LogP contribution in [0.2, 0.25) is 15.2 Å². The predicted molar refractivity (Wildman–Crippen MR) is 211 cm³/mol. The highest BCUT2D eigenvalue weighted by atomic mass is 79.9. The average Bonchev–Trinajstić information content (AvgIpc) is 3.74. The number of rotatable bonds is 6. The second-order valence-electron chi connectivity index (χ2n) is 11.1. The third-order valence-electron chi connectivity index (χ3n) is 7.65. The van der Waals surface area contributed by atoms with Crippen molar-refractivity contribution < 1.29 is 38.6 Å². The van der Waals surface area contributed by atoms with Crippen LogP contribution in [0.15, 0.2) is 33.2 Å². The van der Waals surface area contributed by atoms with E-state index in [1.807, 2.05) is 0 Å². The number of hydrogen-bond acceptors (Lipinski definition) is 14. The van der Waals surface area contributed by atoms with Crippen molar-refractivity contribution in [2.75, 3.05) is 38.9 Å². The van der Waals surface area contributed by atoms with Gasteiger partial charge in [0, 0.05) is 27.2 Å². The van der Waals surface area contributed by atoms with Crippen molar-refractivity contribution in [1.29, 1.82) is 0 Å². The maximum Gasteiger partial charge on any atom is 0.490 e. The number of aromatic nitrogens is 4. The summed E-state index contributed by atoms with van der Waals surface area (Å²) in [5, 5.41) is 18.9. The molecule has 0 radical (unpaired) electrons. The van der Waals surface area contributed by atoms with Crippen LogP contribution in [0.1, 0.15) is 36.4 Å². The van der Waals surface area contributed by atoms with Gasteiger partial charge in [-0.1, -0.05) is 34.8 Å². The highest BCUT2D eigenvalue weighted by Gasteiger charge is 2.31. The van der Waals surface area contributed by atoms with Crippen LogP contribution in [0.3, 0.4) is 0 Å². The van der Waals surface area contributed by atoms with Crippen LogP contribution in [-0.4, -0.2) is 86.5 Å². The zero-order valence-electron chi connectivity index (χ0n) is 29.2. The molecule has 6 N–H and O–H groups in total. The zero-order chi connectivity index (χ0) is 39.9. The molecule has 0 aliphatic carbocycles. The molecule has 0 fully saturated rings. The summed E-state index contributed by atoms with van der Waals surface area (Å²) in [6.45, 7) is 5.55. The minimum atomic E-state index is -1.59. The van der Waals surface area contributed by atoms with Gasteiger partial charge in [-0.15, -0.1) is 0 Å². The fraction of sp³-hybridized carbons (Fsp3) is 0.312. The Morgan fingerprint density at radius 1 is 0.759 bits per heavy atom. The molecule has 0 saturated heterocycles. The Hall–Kier alpha value is -3.85. The fourth-order valence-electron chi connectivity index (χ4n) is 5.18. The van der Waals surface area contributed by atoms with Gasteiger partial charge in [0.05, 0.1) is 84.7 Å². The summed E-state index contributed by atoms with van der Waals surface area (Å²) in [6.07, 6.45) is -0.778. The Bertz CT molecular complexity index is 2040. The Labute approximate surface area is 342 Å². The first-order valence-corrected chi connectivity index (χ1v) is 18.6. The van der Waals surface area contributed by atoms with E-state index in [-0.39, 0.29) is 28.5 Å². The first kappa shape index (κ1) is 42.9. The van der Waals surface area contributed by atoms with Crippen LogP contribution in [0.4, 0.5) is 21.5 Å². The summed E-state index contributed by atoms with van der Waals surface area (Å²) in [5.74, 6) is 1.37.